The maximum atomic E-state index is 11.8. The second-order valence-electron chi connectivity index (χ2n) is 11.2. The third kappa shape index (κ3) is 2.15. The number of hydrogen-bond donors (Lipinski definition) is 4. The minimum Gasteiger partial charge on any atom is -0.466 e. The molecule has 5 N–H and O–H groups in total. The molecule has 5 nitrogen and oxygen atoms in total. The predicted octanol–water partition coefficient (Wildman–Crippen LogP) is 3.17. The van der Waals surface area contributed by atoms with E-state index >= 15 is 0 Å². The number of hydrogen-bond acceptors (Lipinski definition) is 5. The molecule has 1 heterocycles. The maximum absolute atomic E-state index is 11.8. The monoisotopic (exact) mass is 403 g/mol. The van der Waals surface area contributed by atoms with Crippen molar-refractivity contribution in [3.8, 4) is 0 Å². The van der Waals surface area contributed by atoms with Gasteiger partial charge in [-0.05, 0) is 98.1 Å². The van der Waals surface area contributed by atoms with Gasteiger partial charge in [-0.3, -0.25) is 0 Å². The molecule has 29 heavy (non-hydrogen) atoms. The second kappa shape index (κ2) is 6.09. The smallest absolute Gasteiger partial charge is 0.135 e. The third-order valence-corrected chi connectivity index (χ3v) is 10.8. The fourth-order valence-corrected chi connectivity index (χ4v) is 8.94. The summed E-state index contributed by atoms with van der Waals surface area (Å²) in [5.74, 6) is 1.17. The first-order chi connectivity index (χ1) is 13.7. The zero-order chi connectivity index (χ0) is 20.7. The lowest BCUT2D eigenvalue weighted by Gasteiger charge is -2.57. The lowest BCUT2D eigenvalue weighted by atomic mass is 9.48. The molecule has 1 aromatic heterocycles. The molecular weight excluding hydrogens is 366 g/mol. The van der Waals surface area contributed by atoms with Crippen LogP contribution in [0.5, 0.6) is 0 Å². The average molecular weight is 404 g/mol. The van der Waals surface area contributed by atoms with Crippen LogP contribution in [0.2, 0.25) is 0 Å². The van der Waals surface area contributed by atoms with E-state index in [9.17, 15) is 15.3 Å². The molecule has 0 spiro atoms. The van der Waals surface area contributed by atoms with Gasteiger partial charge in [-0.25, -0.2) is 0 Å². The highest BCUT2D eigenvalue weighted by molar-refractivity contribution is 5.33. The maximum Gasteiger partial charge on any atom is 0.135 e. The number of fused-ring (bicyclic) bond motifs is 3. The van der Waals surface area contributed by atoms with Crippen molar-refractivity contribution in [3.05, 3.63) is 24.2 Å². The van der Waals surface area contributed by atoms with Gasteiger partial charge in [-0.1, -0.05) is 13.8 Å². The van der Waals surface area contributed by atoms with Crippen molar-refractivity contribution in [2.75, 3.05) is 13.2 Å². The van der Waals surface area contributed by atoms with E-state index in [1.807, 2.05) is 12.1 Å². The Hall–Kier alpha value is -0.880. The molecule has 0 amide bonds. The van der Waals surface area contributed by atoms with Gasteiger partial charge in [0.15, 0.2) is 0 Å². The largest absolute Gasteiger partial charge is 0.466 e. The van der Waals surface area contributed by atoms with Crippen LogP contribution in [0.3, 0.4) is 0 Å². The Bertz CT molecular complexity index is 782. The first kappa shape index (κ1) is 20.0. The Balaban J connectivity index is 1.54. The van der Waals surface area contributed by atoms with Gasteiger partial charge in [0.1, 0.15) is 11.4 Å². The molecule has 0 aliphatic heterocycles. The molecule has 0 radical (unpaired) electrons. The molecule has 0 saturated heterocycles. The summed E-state index contributed by atoms with van der Waals surface area (Å²) in [5, 5.41) is 32.3. The lowest BCUT2D eigenvalue weighted by Crippen LogP contribution is -2.55. The van der Waals surface area contributed by atoms with Gasteiger partial charge >= 0.3 is 0 Å². The lowest BCUT2D eigenvalue weighted by molar-refractivity contribution is -0.151. The minimum atomic E-state index is -0.932. The van der Waals surface area contributed by atoms with E-state index < -0.39 is 5.60 Å². The molecule has 4 saturated carbocycles. The number of furan rings is 1. The van der Waals surface area contributed by atoms with E-state index in [2.05, 4.69) is 13.8 Å². The quantitative estimate of drug-likeness (QED) is 0.619. The van der Waals surface area contributed by atoms with Crippen molar-refractivity contribution in [1.29, 1.82) is 0 Å². The Morgan fingerprint density at radius 1 is 1.14 bits per heavy atom. The summed E-state index contributed by atoms with van der Waals surface area (Å²) in [6, 6.07) is 3.79. The molecule has 5 heteroatoms. The molecule has 4 aliphatic rings. The van der Waals surface area contributed by atoms with Crippen molar-refractivity contribution in [2.45, 2.75) is 76.9 Å². The van der Waals surface area contributed by atoms with Crippen LogP contribution in [0.25, 0.3) is 0 Å². The summed E-state index contributed by atoms with van der Waals surface area (Å²) in [4.78, 5) is 0. The molecule has 0 unspecified atom stereocenters. The fraction of sp³-hybridized carbons (Fsp3) is 0.833. The van der Waals surface area contributed by atoms with Crippen molar-refractivity contribution < 1.29 is 19.7 Å². The summed E-state index contributed by atoms with van der Waals surface area (Å²) in [7, 11) is 0. The summed E-state index contributed by atoms with van der Waals surface area (Å²) in [6.07, 6.45) is 8.58. The van der Waals surface area contributed by atoms with Crippen molar-refractivity contribution in [1.82, 2.24) is 0 Å². The van der Waals surface area contributed by atoms with Gasteiger partial charge in [0.2, 0.25) is 0 Å². The molecule has 1 aromatic rings. The van der Waals surface area contributed by atoms with Gasteiger partial charge in [0.05, 0.1) is 12.4 Å². The van der Waals surface area contributed by atoms with Gasteiger partial charge in [0, 0.05) is 12.0 Å². The van der Waals surface area contributed by atoms with E-state index in [1.54, 1.807) is 6.26 Å². The summed E-state index contributed by atoms with van der Waals surface area (Å²) in [6.45, 7) is 5.38. The van der Waals surface area contributed by atoms with Crippen molar-refractivity contribution >= 4 is 0 Å². The van der Waals surface area contributed by atoms with Gasteiger partial charge in [0.25, 0.3) is 0 Å². The topological polar surface area (TPSA) is 99.9 Å². The van der Waals surface area contributed by atoms with E-state index in [1.165, 1.54) is 0 Å². The molecule has 5 rings (SSSR count). The van der Waals surface area contributed by atoms with Crippen molar-refractivity contribution in [3.63, 3.8) is 0 Å². The number of rotatable bonds is 4. The van der Waals surface area contributed by atoms with E-state index in [0.717, 1.165) is 44.9 Å². The van der Waals surface area contributed by atoms with E-state index in [4.69, 9.17) is 10.2 Å². The van der Waals surface area contributed by atoms with Gasteiger partial charge in [-0.2, -0.15) is 0 Å². The first-order valence-corrected chi connectivity index (χ1v) is 11.5. The van der Waals surface area contributed by atoms with Crippen LogP contribution in [-0.4, -0.2) is 34.6 Å². The molecule has 4 aliphatic carbocycles. The molecular formula is C24H37NO4. The standard InChI is InChI=1S/C24H37NO4/c1-20(7-5-17(27)12-16(20)13-26)23-10-9-21(2)18(22(23,14-23)15-25)6-8-24(21,28)19-4-3-11-29-19/h3-4,11,16-18,26-28H,5-10,12-15,25H2,1-2H3/t16-,17+,18-,20+,21+,22+,23+,24-/m1/s1. The Labute approximate surface area is 173 Å². The molecule has 4 fully saturated rings. The number of aliphatic hydroxyl groups is 3. The molecule has 162 valence electrons. The number of aliphatic hydroxyl groups excluding tert-OH is 2. The van der Waals surface area contributed by atoms with Gasteiger partial charge < -0.3 is 25.5 Å². The zero-order valence-electron chi connectivity index (χ0n) is 17.9. The third-order valence-electron chi connectivity index (χ3n) is 10.8. The minimum absolute atomic E-state index is 0.00688. The molecule has 0 aromatic carbocycles. The van der Waals surface area contributed by atoms with Crippen molar-refractivity contribution in [2.24, 2.45) is 39.2 Å². The SMILES string of the molecule is C[C@]1([C@@]23CC[C@@]4(C)[C@@H](CC[C@@]4(O)c4ccco4)[C@@]2(CN)C3)CC[C@H](O)C[C@@H]1CO. The Morgan fingerprint density at radius 2 is 1.93 bits per heavy atom. The molecule has 0 bridgehead atoms. The first-order valence-electron chi connectivity index (χ1n) is 11.5. The zero-order valence-corrected chi connectivity index (χ0v) is 17.9. The van der Waals surface area contributed by atoms with E-state index in [-0.39, 0.29) is 40.3 Å². The summed E-state index contributed by atoms with van der Waals surface area (Å²) >= 11 is 0. The highest BCUT2D eigenvalue weighted by Crippen LogP contribution is 2.87. The Morgan fingerprint density at radius 3 is 2.59 bits per heavy atom. The van der Waals surface area contributed by atoms with Crippen LogP contribution >= 0.6 is 0 Å². The normalized spacial score (nSPS) is 54.1. The summed E-state index contributed by atoms with van der Waals surface area (Å²) in [5.41, 5.74) is 5.49. The Kier molecular flexibility index (Phi) is 4.21. The second-order valence-corrected chi connectivity index (χ2v) is 11.2. The summed E-state index contributed by atoms with van der Waals surface area (Å²) < 4.78 is 5.72. The van der Waals surface area contributed by atoms with Crippen LogP contribution in [-0.2, 0) is 5.60 Å². The number of nitrogens with two attached hydrogens (primary N) is 1. The van der Waals surface area contributed by atoms with Crippen LogP contribution in [0, 0.1) is 33.5 Å². The fourth-order valence-electron chi connectivity index (χ4n) is 8.94. The molecule has 8 atom stereocenters. The van der Waals surface area contributed by atoms with Crippen LogP contribution in [0.15, 0.2) is 22.8 Å². The van der Waals surface area contributed by atoms with Crippen LogP contribution in [0.4, 0.5) is 0 Å². The van der Waals surface area contributed by atoms with Crippen LogP contribution in [0.1, 0.15) is 71.0 Å². The highest BCUT2D eigenvalue weighted by atomic mass is 16.4. The van der Waals surface area contributed by atoms with Crippen LogP contribution < -0.4 is 5.73 Å². The average Bonchev–Trinajstić information content (AvgIpc) is 3.00. The van der Waals surface area contributed by atoms with Gasteiger partial charge in [-0.15, -0.1) is 0 Å². The highest BCUT2D eigenvalue weighted by Gasteiger charge is 2.83. The predicted molar refractivity (Wildman–Crippen MR) is 110 cm³/mol. The van der Waals surface area contributed by atoms with E-state index in [0.29, 0.717) is 24.6 Å².